The Morgan fingerprint density at radius 3 is 2.63 bits per heavy atom. The van der Waals surface area contributed by atoms with Crippen molar-refractivity contribution in [2.45, 2.75) is 26.2 Å². The van der Waals surface area contributed by atoms with Crippen molar-refractivity contribution in [3.05, 3.63) is 16.6 Å². The Balaban J connectivity index is 1.64. The minimum Gasteiger partial charge on any atom is -0.481 e. The Kier molecular flexibility index (Phi) is 2.85. The molecule has 0 bridgehead atoms. The van der Waals surface area contributed by atoms with E-state index < -0.39 is 5.97 Å². The maximum atomic E-state index is 12.3. The number of nitrogens with zero attached hydrogens (tertiary/aromatic N) is 2. The molecule has 1 aliphatic carbocycles. The number of rotatable bonds is 2. The van der Waals surface area contributed by atoms with Crippen LogP contribution in [-0.2, 0) is 4.79 Å². The van der Waals surface area contributed by atoms with Gasteiger partial charge < -0.3 is 10.0 Å². The average Bonchev–Trinajstić information content (AvgIpc) is 2.92. The quantitative estimate of drug-likeness (QED) is 0.896. The van der Waals surface area contributed by atoms with Gasteiger partial charge >= 0.3 is 5.97 Å². The van der Waals surface area contributed by atoms with Crippen molar-refractivity contribution in [2.24, 2.45) is 11.3 Å². The lowest BCUT2D eigenvalue weighted by molar-refractivity contribution is -0.139. The number of carbonyl (C=O) groups is 2. The second-order valence-electron chi connectivity index (χ2n) is 5.56. The molecule has 1 saturated heterocycles. The van der Waals surface area contributed by atoms with Crippen LogP contribution in [-0.4, -0.2) is 39.3 Å². The largest absolute Gasteiger partial charge is 0.481 e. The highest BCUT2D eigenvalue weighted by atomic mass is 32.1. The number of amides is 1. The van der Waals surface area contributed by atoms with Crippen LogP contribution in [0.15, 0.2) is 5.38 Å². The molecule has 6 heteroatoms. The standard InChI is InChI=1S/C13H16N2O3S/c1-8-9(7-19-14-8)11(16)15-4-2-13(3-5-15)6-10(13)12(17)18/h7,10H,2-6H2,1H3,(H,17,18). The van der Waals surface area contributed by atoms with E-state index in [1.54, 1.807) is 5.38 Å². The minimum absolute atomic E-state index is 0.0233. The monoisotopic (exact) mass is 280 g/mol. The smallest absolute Gasteiger partial charge is 0.307 e. The molecule has 2 aliphatic rings. The zero-order chi connectivity index (χ0) is 13.6. The molecule has 1 saturated carbocycles. The van der Waals surface area contributed by atoms with Gasteiger partial charge in [0.2, 0.25) is 0 Å². The van der Waals surface area contributed by atoms with Gasteiger partial charge in [-0.15, -0.1) is 0 Å². The molecule has 1 atom stereocenters. The molecule has 1 spiro atoms. The van der Waals surface area contributed by atoms with Gasteiger partial charge in [0.25, 0.3) is 5.91 Å². The fraction of sp³-hybridized carbons (Fsp3) is 0.615. The van der Waals surface area contributed by atoms with Crippen molar-refractivity contribution < 1.29 is 14.7 Å². The van der Waals surface area contributed by atoms with Gasteiger partial charge in [0, 0.05) is 18.5 Å². The summed E-state index contributed by atoms with van der Waals surface area (Å²) in [4.78, 5) is 25.1. The number of aliphatic carboxylic acids is 1. The van der Waals surface area contributed by atoms with Crippen LogP contribution in [0.5, 0.6) is 0 Å². The number of hydrogen-bond donors (Lipinski definition) is 1. The molecular formula is C13H16N2O3S. The molecule has 0 radical (unpaired) electrons. The Morgan fingerprint density at radius 2 is 2.16 bits per heavy atom. The molecule has 1 N–H and O–H groups in total. The molecule has 102 valence electrons. The van der Waals surface area contributed by atoms with E-state index in [2.05, 4.69) is 4.37 Å². The third-order valence-electron chi connectivity index (χ3n) is 4.51. The minimum atomic E-state index is -0.683. The molecule has 2 heterocycles. The van der Waals surface area contributed by atoms with Crippen LogP contribution >= 0.6 is 11.5 Å². The number of hydrogen-bond acceptors (Lipinski definition) is 4. The van der Waals surface area contributed by atoms with Gasteiger partial charge in [-0.05, 0) is 43.1 Å². The zero-order valence-corrected chi connectivity index (χ0v) is 11.6. The van der Waals surface area contributed by atoms with Gasteiger partial charge in [0.05, 0.1) is 17.2 Å². The highest BCUT2D eigenvalue weighted by molar-refractivity contribution is 7.03. The summed E-state index contributed by atoms with van der Waals surface area (Å²) in [5, 5.41) is 10.8. The van der Waals surface area contributed by atoms with E-state index in [9.17, 15) is 9.59 Å². The number of carboxylic acids is 1. The van der Waals surface area contributed by atoms with Gasteiger partial charge in [-0.2, -0.15) is 4.37 Å². The normalized spacial score (nSPS) is 24.5. The predicted octanol–water partition coefficient (Wildman–Crippen LogP) is 1.78. The first-order valence-electron chi connectivity index (χ1n) is 6.46. The predicted molar refractivity (Wildman–Crippen MR) is 70.2 cm³/mol. The van der Waals surface area contributed by atoms with E-state index in [0.717, 1.165) is 25.0 Å². The third kappa shape index (κ3) is 2.04. The van der Waals surface area contributed by atoms with E-state index in [1.165, 1.54) is 11.5 Å². The Hall–Kier alpha value is -1.43. The lowest BCUT2D eigenvalue weighted by Gasteiger charge is -2.32. The molecule has 1 unspecified atom stereocenters. The third-order valence-corrected chi connectivity index (χ3v) is 5.24. The summed E-state index contributed by atoms with van der Waals surface area (Å²) in [7, 11) is 0. The zero-order valence-electron chi connectivity index (χ0n) is 10.8. The molecule has 1 aromatic heterocycles. The molecule has 1 amide bonds. The molecule has 19 heavy (non-hydrogen) atoms. The van der Waals surface area contributed by atoms with Crippen LogP contribution < -0.4 is 0 Å². The Labute approximate surface area is 115 Å². The van der Waals surface area contributed by atoms with E-state index in [0.29, 0.717) is 18.7 Å². The van der Waals surface area contributed by atoms with Gasteiger partial charge in [0.15, 0.2) is 0 Å². The number of aryl methyl sites for hydroxylation is 1. The van der Waals surface area contributed by atoms with Gasteiger partial charge in [-0.1, -0.05) is 0 Å². The van der Waals surface area contributed by atoms with Crippen molar-refractivity contribution in [1.29, 1.82) is 0 Å². The Morgan fingerprint density at radius 1 is 1.47 bits per heavy atom. The number of carbonyl (C=O) groups excluding carboxylic acids is 1. The van der Waals surface area contributed by atoms with Crippen LogP contribution in [0.1, 0.15) is 35.3 Å². The first kappa shape index (κ1) is 12.6. The summed E-state index contributed by atoms with van der Waals surface area (Å²) < 4.78 is 4.13. The first-order chi connectivity index (χ1) is 9.03. The number of likely N-dealkylation sites (tertiary alicyclic amines) is 1. The summed E-state index contributed by atoms with van der Waals surface area (Å²) in [5.41, 5.74) is 1.45. The Bertz CT molecular complexity index is 532. The lowest BCUT2D eigenvalue weighted by Crippen LogP contribution is -2.40. The van der Waals surface area contributed by atoms with Crippen LogP contribution in [0.25, 0.3) is 0 Å². The van der Waals surface area contributed by atoms with Crippen LogP contribution in [0.3, 0.4) is 0 Å². The maximum Gasteiger partial charge on any atom is 0.307 e. The summed E-state index contributed by atoms with van der Waals surface area (Å²) in [6.07, 6.45) is 2.40. The summed E-state index contributed by atoms with van der Waals surface area (Å²) in [5.74, 6) is -0.833. The number of carboxylic acid groups (broad SMARTS) is 1. The summed E-state index contributed by atoms with van der Waals surface area (Å²) >= 11 is 1.30. The fourth-order valence-corrected chi connectivity index (χ4v) is 3.76. The van der Waals surface area contributed by atoms with Gasteiger partial charge in [0.1, 0.15) is 0 Å². The molecule has 5 nitrogen and oxygen atoms in total. The van der Waals surface area contributed by atoms with E-state index >= 15 is 0 Å². The van der Waals surface area contributed by atoms with Crippen molar-refractivity contribution >= 4 is 23.4 Å². The summed E-state index contributed by atoms with van der Waals surface area (Å²) in [6.45, 7) is 3.17. The van der Waals surface area contributed by atoms with Crippen molar-refractivity contribution in [3.63, 3.8) is 0 Å². The molecule has 0 aromatic carbocycles. The second-order valence-corrected chi connectivity index (χ2v) is 6.19. The first-order valence-corrected chi connectivity index (χ1v) is 7.30. The van der Waals surface area contributed by atoms with Crippen LogP contribution in [0.4, 0.5) is 0 Å². The fourth-order valence-electron chi connectivity index (χ4n) is 3.07. The number of aromatic nitrogens is 1. The van der Waals surface area contributed by atoms with E-state index in [-0.39, 0.29) is 17.2 Å². The maximum absolute atomic E-state index is 12.3. The topological polar surface area (TPSA) is 70.5 Å². The van der Waals surface area contributed by atoms with Crippen molar-refractivity contribution in [3.8, 4) is 0 Å². The molecule has 1 aliphatic heterocycles. The van der Waals surface area contributed by atoms with E-state index in [1.807, 2.05) is 11.8 Å². The highest BCUT2D eigenvalue weighted by Gasteiger charge is 2.59. The summed E-state index contributed by atoms with van der Waals surface area (Å²) in [6, 6.07) is 0. The van der Waals surface area contributed by atoms with Crippen LogP contribution in [0.2, 0.25) is 0 Å². The van der Waals surface area contributed by atoms with Gasteiger partial charge in [-0.25, -0.2) is 0 Å². The SMILES string of the molecule is Cc1nscc1C(=O)N1CCC2(CC1)CC2C(=O)O. The van der Waals surface area contributed by atoms with Gasteiger partial charge in [-0.3, -0.25) is 9.59 Å². The molecule has 1 aromatic rings. The second kappa shape index (κ2) is 4.30. The highest BCUT2D eigenvalue weighted by Crippen LogP contribution is 2.59. The lowest BCUT2D eigenvalue weighted by atomic mass is 9.90. The average molecular weight is 280 g/mol. The van der Waals surface area contributed by atoms with Crippen LogP contribution in [0, 0.1) is 18.3 Å². The molecule has 2 fully saturated rings. The molecular weight excluding hydrogens is 264 g/mol. The molecule has 3 rings (SSSR count). The van der Waals surface area contributed by atoms with E-state index in [4.69, 9.17) is 5.11 Å². The van der Waals surface area contributed by atoms with Crippen molar-refractivity contribution in [2.75, 3.05) is 13.1 Å². The van der Waals surface area contributed by atoms with Crippen molar-refractivity contribution in [1.82, 2.24) is 9.27 Å². The number of piperidine rings is 1.